The SMILES string of the molecule is CN(C)S(=O)(=O)c1ccc(SCC(=O)N2CCN(Cc3cccs3)CC2)nc1. The third-order valence-corrected chi connectivity index (χ3v) is 8.10. The van der Waals surface area contributed by atoms with Crippen LogP contribution in [0.3, 0.4) is 0 Å². The van der Waals surface area contributed by atoms with Gasteiger partial charge >= 0.3 is 0 Å². The largest absolute Gasteiger partial charge is 0.339 e. The lowest BCUT2D eigenvalue weighted by Crippen LogP contribution is -2.48. The van der Waals surface area contributed by atoms with E-state index in [0.29, 0.717) is 10.8 Å². The van der Waals surface area contributed by atoms with Gasteiger partial charge in [0.05, 0.1) is 10.8 Å². The summed E-state index contributed by atoms with van der Waals surface area (Å²) in [5.74, 6) is 0.394. The van der Waals surface area contributed by atoms with E-state index >= 15 is 0 Å². The molecule has 0 aliphatic carbocycles. The Kier molecular flexibility index (Phi) is 7.10. The van der Waals surface area contributed by atoms with Crippen LogP contribution in [0.1, 0.15) is 4.88 Å². The van der Waals surface area contributed by atoms with Gasteiger partial charge in [-0.2, -0.15) is 0 Å². The zero-order valence-electron chi connectivity index (χ0n) is 15.9. The first-order valence-electron chi connectivity index (χ1n) is 8.90. The maximum Gasteiger partial charge on any atom is 0.244 e. The van der Waals surface area contributed by atoms with Gasteiger partial charge in [-0.05, 0) is 23.6 Å². The van der Waals surface area contributed by atoms with Crippen molar-refractivity contribution in [1.29, 1.82) is 0 Å². The summed E-state index contributed by atoms with van der Waals surface area (Å²) in [4.78, 5) is 22.4. The van der Waals surface area contributed by atoms with Gasteiger partial charge in [0.25, 0.3) is 0 Å². The van der Waals surface area contributed by atoms with Crippen molar-refractivity contribution in [3.05, 3.63) is 40.7 Å². The molecule has 10 heteroatoms. The molecule has 0 unspecified atom stereocenters. The first kappa shape index (κ1) is 21.3. The molecule has 1 aliphatic heterocycles. The second-order valence-corrected chi connectivity index (χ2v) is 10.8. The quantitative estimate of drug-likeness (QED) is 0.612. The van der Waals surface area contributed by atoms with Crippen LogP contribution in [-0.2, 0) is 21.4 Å². The molecule has 0 bridgehead atoms. The molecule has 1 aliphatic rings. The molecule has 1 fully saturated rings. The number of carbonyl (C=O) groups is 1. The minimum absolute atomic E-state index is 0.0903. The summed E-state index contributed by atoms with van der Waals surface area (Å²) in [6.07, 6.45) is 1.34. The van der Waals surface area contributed by atoms with Gasteiger partial charge in [0, 0.05) is 57.9 Å². The fourth-order valence-corrected chi connectivity index (χ4v) is 5.16. The molecule has 0 atom stereocenters. The molecular weight excluding hydrogens is 416 g/mol. The topological polar surface area (TPSA) is 73.8 Å². The van der Waals surface area contributed by atoms with Crippen LogP contribution in [-0.4, -0.2) is 79.4 Å². The lowest BCUT2D eigenvalue weighted by atomic mass is 10.3. The number of thiophene rings is 1. The van der Waals surface area contributed by atoms with Crippen LogP contribution in [0, 0.1) is 0 Å². The van der Waals surface area contributed by atoms with Gasteiger partial charge in [0.2, 0.25) is 15.9 Å². The lowest BCUT2D eigenvalue weighted by Gasteiger charge is -2.34. The summed E-state index contributed by atoms with van der Waals surface area (Å²) in [6, 6.07) is 7.38. The van der Waals surface area contributed by atoms with E-state index in [0.717, 1.165) is 37.0 Å². The number of piperazine rings is 1. The van der Waals surface area contributed by atoms with E-state index in [4.69, 9.17) is 0 Å². The monoisotopic (exact) mass is 440 g/mol. The van der Waals surface area contributed by atoms with Gasteiger partial charge in [0.1, 0.15) is 4.90 Å². The summed E-state index contributed by atoms with van der Waals surface area (Å²) < 4.78 is 25.3. The highest BCUT2D eigenvalue weighted by Gasteiger charge is 2.22. The smallest absolute Gasteiger partial charge is 0.244 e. The minimum Gasteiger partial charge on any atom is -0.339 e. The van der Waals surface area contributed by atoms with Crippen molar-refractivity contribution in [3.63, 3.8) is 0 Å². The molecular formula is C18H24N4O3S3. The molecule has 0 aromatic carbocycles. The van der Waals surface area contributed by atoms with Gasteiger partial charge in [0.15, 0.2) is 0 Å². The van der Waals surface area contributed by atoms with E-state index in [2.05, 4.69) is 27.4 Å². The van der Waals surface area contributed by atoms with Crippen LogP contribution in [0.4, 0.5) is 0 Å². The predicted molar refractivity (Wildman–Crippen MR) is 112 cm³/mol. The zero-order chi connectivity index (χ0) is 20.1. The maximum absolute atomic E-state index is 12.5. The Hall–Kier alpha value is -1.46. The van der Waals surface area contributed by atoms with Crippen molar-refractivity contribution < 1.29 is 13.2 Å². The fourth-order valence-electron chi connectivity index (χ4n) is 2.82. The molecule has 1 amide bonds. The molecule has 3 rings (SSSR count). The van der Waals surface area contributed by atoms with Crippen LogP contribution in [0.25, 0.3) is 0 Å². The number of pyridine rings is 1. The number of sulfonamides is 1. The van der Waals surface area contributed by atoms with E-state index in [9.17, 15) is 13.2 Å². The van der Waals surface area contributed by atoms with Gasteiger partial charge in [-0.15, -0.1) is 11.3 Å². The van der Waals surface area contributed by atoms with Gasteiger partial charge in [-0.25, -0.2) is 17.7 Å². The minimum atomic E-state index is -3.48. The Morgan fingerprint density at radius 2 is 1.96 bits per heavy atom. The molecule has 0 saturated carbocycles. The van der Waals surface area contributed by atoms with Crippen molar-refractivity contribution >= 4 is 39.0 Å². The Labute approximate surface area is 174 Å². The normalized spacial score (nSPS) is 15.9. The first-order valence-corrected chi connectivity index (χ1v) is 12.2. The Bertz CT molecular complexity index is 875. The molecule has 2 aromatic heterocycles. The number of thioether (sulfide) groups is 1. The number of hydrogen-bond donors (Lipinski definition) is 0. The molecule has 0 N–H and O–H groups in total. The Morgan fingerprint density at radius 1 is 1.21 bits per heavy atom. The van der Waals surface area contributed by atoms with Gasteiger partial charge < -0.3 is 4.90 Å². The van der Waals surface area contributed by atoms with Gasteiger partial charge in [-0.3, -0.25) is 9.69 Å². The second-order valence-electron chi connectivity index (χ2n) is 6.64. The van der Waals surface area contributed by atoms with E-state index in [1.165, 1.54) is 43.0 Å². The standard InChI is InChI=1S/C18H24N4O3S3/c1-20(2)28(24,25)16-5-6-17(19-12-16)27-14-18(23)22-9-7-21(8-10-22)13-15-4-3-11-26-15/h3-6,11-12H,7-10,13-14H2,1-2H3. The van der Waals surface area contributed by atoms with Crippen LogP contribution in [0.2, 0.25) is 0 Å². The number of amides is 1. The summed E-state index contributed by atoms with van der Waals surface area (Å²) in [5, 5.41) is 2.73. The molecule has 0 spiro atoms. The highest BCUT2D eigenvalue weighted by Crippen LogP contribution is 2.20. The molecule has 1 saturated heterocycles. The highest BCUT2D eigenvalue weighted by atomic mass is 32.2. The maximum atomic E-state index is 12.5. The van der Waals surface area contributed by atoms with Crippen LogP contribution in [0.15, 0.2) is 45.8 Å². The summed E-state index contributed by atoms with van der Waals surface area (Å²) in [6.45, 7) is 4.17. The molecule has 3 heterocycles. The van der Waals surface area contributed by atoms with Crippen molar-refractivity contribution in [1.82, 2.24) is 19.1 Å². The van der Waals surface area contributed by atoms with E-state index in [1.807, 2.05) is 4.90 Å². The lowest BCUT2D eigenvalue weighted by molar-refractivity contribution is -0.130. The third kappa shape index (κ3) is 5.32. The Morgan fingerprint density at radius 3 is 2.54 bits per heavy atom. The van der Waals surface area contributed by atoms with Crippen molar-refractivity contribution in [2.75, 3.05) is 46.0 Å². The third-order valence-electron chi connectivity index (χ3n) is 4.52. The predicted octanol–water partition coefficient (Wildman–Crippen LogP) is 1.83. The van der Waals surface area contributed by atoms with Crippen molar-refractivity contribution in [2.24, 2.45) is 0 Å². The summed E-state index contributed by atoms with van der Waals surface area (Å²) in [7, 11) is -0.518. The molecule has 7 nitrogen and oxygen atoms in total. The van der Waals surface area contributed by atoms with E-state index in [-0.39, 0.29) is 10.8 Å². The highest BCUT2D eigenvalue weighted by molar-refractivity contribution is 7.99. The van der Waals surface area contributed by atoms with Crippen LogP contribution >= 0.6 is 23.1 Å². The van der Waals surface area contributed by atoms with E-state index in [1.54, 1.807) is 17.4 Å². The summed E-state index contributed by atoms with van der Waals surface area (Å²) in [5.41, 5.74) is 0. The average molecular weight is 441 g/mol. The Balaban J connectivity index is 1.46. The average Bonchev–Trinajstić information content (AvgIpc) is 3.20. The number of nitrogens with zero attached hydrogens (tertiary/aromatic N) is 4. The number of aromatic nitrogens is 1. The van der Waals surface area contributed by atoms with Gasteiger partial charge in [-0.1, -0.05) is 17.8 Å². The molecule has 2 aromatic rings. The molecule has 28 heavy (non-hydrogen) atoms. The number of rotatable bonds is 7. The second kappa shape index (κ2) is 9.36. The molecule has 152 valence electrons. The number of carbonyl (C=O) groups excluding carboxylic acids is 1. The first-order chi connectivity index (χ1) is 13.4. The van der Waals surface area contributed by atoms with Crippen molar-refractivity contribution in [2.45, 2.75) is 16.5 Å². The fraction of sp³-hybridized carbons (Fsp3) is 0.444. The zero-order valence-corrected chi connectivity index (χ0v) is 18.4. The molecule has 0 radical (unpaired) electrons. The van der Waals surface area contributed by atoms with E-state index < -0.39 is 10.0 Å². The summed E-state index contributed by atoms with van der Waals surface area (Å²) >= 11 is 3.09. The van der Waals surface area contributed by atoms with Crippen LogP contribution < -0.4 is 0 Å². The van der Waals surface area contributed by atoms with Crippen LogP contribution in [0.5, 0.6) is 0 Å². The number of hydrogen-bond acceptors (Lipinski definition) is 7. The van der Waals surface area contributed by atoms with Crippen molar-refractivity contribution in [3.8, 4) is 0 Å².